The summed E-state index contributed by atoms with van der Waals surface area (Å²) in [6.07, 6.45) is 0.597. The van der Waals surface area contributed by atoms with Crippen LogP contribution in [-0.4, -0.2) is 0 Å². The van der Waals surface area contributed by atoms with E-state index in [0.29, 0.717) is 6.42 Å². The summed E-state index contributed by atoms with van der Waals surface area (Å²) in [5.74, 6) is 1.18. The van der Waals surface area contributed by atoms with Gasteiger partial charge in [-0.2, -0.15) is 5.26 Å². The number of nitriles is 1. The van der Waals surface area contributed by atoms with E-state index in [-0.39, 0.29) is 0 Å². The standard InChI is InChI=1S/C5H8N/c1-5(2)3-4-6/h3H2,1-2H3. The summed E-state index contributed by atoms with van der Waals surface area (Å²) in [6, 6.07) is 2.03. The first-order valence-corrected chi connectivity index (χ1v) is 1.93. The Labute approximate surface area is 38.6 Å². The summed E-state index contributed by atoms with van der Waals surface area (Å²) < 4.78 is 0. The van der Waals surface area contributed by atoms with E-state index in [4.69, 9.17) is 5.26 Å². The Kier molecular flexibility index (Phi) is 2.48. The molecule has 0 aromatic carbocycles. The zero-order chi connectivity index (χ0) is 4.99. The van der Waals surface area contributed by atoms with Gasteiger partial charge in [-0.05, 0) is 5.92 Å². The molecule has 0 aliphatic carbocycles. The lowest BCUT2D eigenvalue weighted by molar-refractivity contribution is 1.000. The van der Waals surface area contributed by atoms with E-state index in [2.05, 4.69) is 0 Å². The van der Waals surface area contributed by atoms with Gasteiger partial charge in [-0.25, -0.2) is 0 Å². The second kappa shape index (κ2) is 2.71. The molecule has 33 valence electrons. The highest BCUT2D eigenvalue weighted by Crippen LogP contribution is 1.97. The predicted molar refractivity (Wildman–Crippen MR) is 24.8 cm³/mol. The molecule has 0 unspecified atom stereocenters. The molecule has 0 atom stereocenters. The molecule has 0 heterocycles. The summed E-state index contributed by atoms with van der Waals surface area (Å²) in [7, 11) is 0. The van der Waals surface area contributed by atoms with E-state index in [9.17, 15) is 0 Å². The molecule has 1 heteroatoms. The van der Waals surface area contributed by atoms with Crippen molar-refractivity contribution in [2.75, 3.05) is 0 Å². The van der Waals surface area contributed by atoms with Crippen LogP contribution in [-0.2, 0) is 0 Å². The molecule has 0 rings (SSSR count). The van der Waals surface area contributed by atoms with Crippen molar-refractivity contribution in [2.45, 2.75) is 20.3 Å². The Morgan fingerprint density at radius 2 is 2.17 bits per heavy atom. The van der Waals surface area contributed by atoms with Crippen molar-refractivity contribution < 1.29 is 0 Å². The fourth-order valence-corrected chi connectivity index (χ4v) is 0.158. The van der Waals surface area contributed by atoms with Gasteiger partial charge in [-0.1, -0.05) is 13.8 Å². The van der Waals surface area contributed by atoms with Crippen LogP contribution in [0.2, 0.25) is 0 Å². The van der Waals surface area contributed by atoms with E-state index in [1.165, 1.54) is 5.92 Å². The number of rotatable bonds is 1. The van der Waals surface area contributed by atoms with Crippen LogP contribution in [0.1, 0.15) is 20.3 Å². The summed E-state index contributed by atoms with van der Waals surface area (Å²) in [5, 5.41) is 7.97. The van der Waals surface area contributed by atoms with Gasteiger partial charge in [0.15, 0.2) is 0 Å². The predicted octanol–water partition coefficient (Wildman–Crippen LogP) is 1.51. The lowest BCUT2D eigenvalue weighted by Crippen LogP contribution is -1.76. The fourth-order valence-electron chi connectivity index (χ4n) is 0.158. The molecule has 1 radical (unpaired) electrons. The molecular formula is C5H8N. The first-order chi connectivity index (χ1) is 2.77. The molecule has 0 spiro atoms. The Hall–Kier alpha value is -0.510. The molecule has 0 aliphatic heterocycles. The highest BCUT2D eigenvalue weighted by atomic mass is 14.2. The Balaban J connectivity index is 2.88. The molecule has 0 fully saturated rings. The maximum Gasteiger partial charge on any atom is 0.0627 e. The van der Waals surface area contributed by atoms with Gasteiger partial charge < -0.3 is 0 Å². The highest BCUT2D eigenvalue weighted by molar-refractivity contribution is 4.88. The zero-order valence-corrected chi connectivity index (χ0v) is 4.15. The minimum absolute atomic E-state index is 0.597. The van der Waals surface area contributed by atoms with Crippen molar-refractivity contribution in [2.24, 2.45) is 0 Å². The van der Waals surface area contributed by atoms with Gasteiger partial charge in [0, 0.05) is 6.42 Å². The zero-order valence-electron chi connectivity index (χ0n) is 4.15. The maximum atomic E-state index is 7.97. The van der Waals surface area contributed by atoms with Crippen LogP contribution in [0.3, 0.4) is 0 Å². The summed E-state index contributed by atoms with van der Waals surface area (Å²) in [4.78, 5) is 0. The Bertz CT molecular complexity index is 58.8. The van der Waals surface area contributed by atoms with Crippen molar-refractivity contribution >= 4 is 0 Å². The molecule has 0 bridgehead atoms. The smallest absolute Gasteiger partial charge is 0.0627 e. The minimum Gasteiger partial charge on any atom is -0.198 e. The van der Waals surface area contributed by atoms with Crippen LogP contribution in [0.25, 0.3) is 0 Å². The largest absolute Gasteiger partial charge is 0.198 e. The van der Waals surface area contributed by atoms with Crippen molar-refractivity contribution in [3.05, 3.63) is 5.92 Å². The Morgan fingerprint density at radius 1 is 1.67 bits per heavy atom. The quantitative estimate of drug-likeness (QED) is 0.470. The van der Waals surface area contributed by atoms with Crippen LogP contribution in [0.5, 0.6) is 0 Å². The van der Waals surface area contributed by atoms with Gasteiger partial charge >= 0.3 is 0 Å². The fraction of sp³-hybridized carbons (Fsp3) is 0.600. The molecule has 0 saturated heterocycles. The molecule has 1 nitrogen and oxygen atoms in total. The van der Waals surface area contributed by atoms with Crippen molar-refractivity contribution in [3.8, 4) is 6.07 Å². The SMILES string of the molecule is C[C](C)CC#N. The van der Waals surface area contributed by atoms with Crippen molar-refractivity contribution in [3.63, 3.8) is 0 Å². The van der Waals surface area contributed by atoms with Crippen LogP contribution >= 0.6 is 0 Å². The van der Waals surface area contributed by atoms with E-state index in [1.807, 2.05) is 19.9 Å². The molecule has 0 aromatic rings. The topological polar surface area (TPSA) is 23.8 Å². The highest BCUT2D eigenvalue weighted by Gasteiger charge is 1.86. The van der Waals surface area contributed by atoms with Crippen molar-refractivity contribution in [1.29, 1.82) is 5.26 Å². The lowest BCUT2D eigenvalue weighted by Gasteiger charge is -1.87. The van der Waals surface area contributed by atoms with E-state index in [1.54, 1.807) is 0 Å². The van der Waals surface area contributed by atoms with E-state index < -0.39 is 0 Å². The summed E-state index contributed by atoms with van der Waals surface area (Å²) in [6.45, 7) is 3.90. The second-order valence-electron chi connectivity index (χ2n) is 1.54. The van der Waals surface area contributed by atoms with Gasteiger partial charge in [0.2, 0.25) is 0 Å². The molecule has 0 N–H and O–H groups in total. The lowest BCUT2D eigenvalue weighted by atomic mass is 10.2. The first-order valence-electron chi connectivity index (χ1n) is 1.93. The molecular weight excluding hydrogens is 74.1 g/mol. The third kappa shape index (κ3) is 3.49. The van der Waals surface area contributed by atoms with Crippen LogP contribution < -0.4 is 0 Å². The molecule has 6 heavy (non-hydrogen) atoms. The average molecular weight is 82.1 g/mol. The summed E-state index contributed by atoms with van der Waals surface area (Å²) >= 11 is 0. The molecule has 0 saturated carbocycles. The van der Waals surface area contributed by atoms with Crippen LogP contribution in [0.4, 0.5) is 0 Å². The van der Waals surface area contributed by atoms with E-state index >= 15 is 0 Å². The Morgan fingerprint density at radius 3 is 2.17 bits per heavy atom. The third-order valence-electron chi connectivity index (χ3n) is 0.433. The van der Waals surface area contributed by atoms with Gasteiger partial charge in [0.1, 0.15) is 0 Å². The number of hydrogen-bond acceptors (Lipinski definition) is 1. The normalized spacial score (nSPS) is 8.33. The number of nitrogens with zero attached hydrogens (tertiary/aromatic N) is 1. The maximum absolute atomic E-state index is 7.97. The third-order valence-corrected chi connectivity index (χ3v) is 0.433. The summed E-state index contributed by atoms with van der Waals surface area (Å²) in [5.41, 5.74) is 0. The second-order valence-corrected chi connectivity index (χ2v) is 1.54. The number of hydrogen-bond donors (Lipinski definition) is 0. The van der Waals surface area contributed by atoms with Gasteiger partial charge in [0.25, 0.3) is 0 Å². The van der Waals surface area contributed by atoms with E-state index in [0.717, 1.165) is 0 Å². The minimum atomic E-state index is 0.597. The first kappa shape index (κ1) is 5.49. The van der Waals surface area contributed by atoms with Gasteiger partial charge in [-0.15, -0.1) is 0 Å². The molecule has 0 aromatic heterocycles. The molecule has 0 aliphatic rings. The van der Waals surface area contributed by atoms with Gasteiger partial charge in [0.05, 0.1) is 6.07 Å². The average Bonchev–Trinajstić information content (AvgIpc) is 1.35. The van der Waals surface area contributed by atoms with Crippen molar-refractivity contribution in [1.82, 2.24) is 0 Å². The van der Waals surface area contributed by atoms with Gasteiger partial charge in [-0.3, -0.25) is 0 Å². The molecule has 0 amide bonds. The van der Waals surface area contributed by atoms with Crippen LogP contribution in [0.15, 0.2) is 0 Å². The van der Waals surface area contributed by atoms with Crippen LogP contribution in [0, 0.1) is 17.2 Å². The monoisotopic (exact) mass is 82.1 g/mol.